The van der Waals surface area contributed by atoms with E-state index < -0.39 is 10.0 Å². The number of hydrogen-bond donors (Lipinski definition) is 1. The average Bonchev–Trinajstić information content (AvgIpc) is 2.06. The Morgan fingerprint density at radius 1 is 1.42 bits per heavy atom. The standard InChI is InChI=1S/C6H6N2O3S/c9-5-8-12(10,11)6-3-1-2-4-7-6/h1-5H,(H,8,9). The molecule has 1 amide bonds. The van der Waals surface area contributed by atoms with Gasteiger partial charge in [-0.1, -0.05) is 6.07 Å². The lowest BCUT2D eigenvalue weighted by Crippen LogP contribution is -2.22. The first-order chi connectivity index (χ1) is 5.67. The van der Waals surface area contributed by atoms with Crippen LogP contribution in [-0.4, -0.2) is 19.8 Å². The molecule has 1 aromatic rings. The van der Waals surface area contributed by atoms with Crippen LogP contribution in [0.4, 0.5) is 0 Å². The molecule has 0 aliphatic carbocycles. The van der Waals surface area contributed by atoms with E-state index in [9.17, 15) is 13.2 Å². The molecule has 0 saturated heterocycles. The van der Waals surface area contributed by atoms with Crippen molar-refractivity contribution in [1.82, 2.24) is 9.71 Å². The summed E-state index contributed by atoms with van der Waals surface area (Å²) in [4.78, 5) is 13.4. The van der Waals surface area contributed by atoms with E-state index in [2.05, 4.69) is 4.98 Å². The third-order valence-corrected chi connectivity index (χ3v) is 2.32. The fourth-order valence-corrected chi connectivity index (χ4v) is 1.33. The van der Waals surface area contributed by atoms with Gasteiger partial charge >= 0.3 is 0 Å². The zero-order chi connectivity index (χ0) is 9.03. The van der Waals surface area contributed by atoms with Crippen LogP contribution in [0.15, 0.2) is 29.4 Å². The highest BCUT2D eigenvalue weighted by molar-refractivity contribution is 7.89. The first kappa shape index (κ1) is 8.66. The molecule has 0 aliphatic heterocycles. The second-order valence-electron chi connectivity index (χ2n) is 1.91. The van der Waals surface area contributed by atoms with Crippen LogP contribution in [0.25, 0.3) is 0 Å². The van der Waals surface area contributed by atoms with Gasteiger partial charge in [0.25, 0.3) is 10.0 Å². The van der Waals surface area contributed by atoms with Crippen molar-refractivity contribution >= 4 is 16.4 Å². The van der Waals surface area contributed by atoms with Gasteiger partial charge in [-0.3, -0.25) is 9.52 Å². The number of nitrogens with one attached hydrogen (secondary N) is 1. The van der Waals surface area contributed by atoms with Gasteiger partial charge in [0.1, 0.15) is 0 Å². The number of nitrogens with zero attached hydrogens (tertiary/aromatic N) is 1. The van der Waals surface area contributed by atoms with Crippen molar-refractivity contribution in [2.24, 2.45) is 0 Å². The van der Waals surface area contributed by atoms with E-state index in [1.54, 1.807) is 10.8 Å². The van der Waals surface area contributed by atoms with E-state index in [1.165, 1.54) is 18.3 Å². The lowest BCUT2D eigenvalue weighted by atomic mass is 10.5. The third kappa shape index (κ3) is 1.79. The summed E-state index contributed by atoms with van der Waals surface area (Å²) in [5.41, 5.74) is 0. The lowest BCUT2D eigenvalue weighted by molar-refractivity contribution is -0.108. The van der Waals surface area contributed by atoms with Gasteiger partial charge in [0.15, 0.2) is 5.03 Å². The Morgan fingerprint density at radius 3 is 2.67 bits per heavy atom. The number of hydrogen-bond acceptors (Lipinski definition) is 4. The van der Waals surface area contributed by atoms with Crippen molar-refractivity contribution in [2.45, 2.75) is 5.03 Å². The largest absolute Gasteiger partial charge is 0.281 e. The molecule has 0 atom stereocenters. The predicted molar refractivity (Wildman–Crippen MR) is 40.6 cm³/mol. The van der Waals surface area contributed by atoms with E-state index in [1.807, 2.05) is 0 Å². The van der Waals surface area contributed by atoms with E-state index in [-0.39, 0.29) is 11.4 Å². The monoisotopic (exact) mass is 186 g/mol. The minimum atomic E-state index is -3.74. The van der Waals surface area contributed by atoms with E-state index in [0.717, 1.165) is 0 Å². The molecule has 0 bridgehead atoms. The van der Waals surface area contributed by atoms with E-state index in [4.69, 9.17) is 0 Å². The van der Waals surface area contributed by atoms with Crippen molar-refractivity contribution in [3.05, 3.63) is 24.4 Å². The molecule has 0 saturated carbocycles. The Hall–Kier alpha value is -1.43. The Balaban J connectivity index is 3.07. The maximum atomic E-state index is 11.0. The molecule has 0 fully saturated rings. The summed E-state index contributed by atoms with van der Waals surface area (Å²) in [6, 6.07) is 4.40. The second kappa shape index (κ2) is 3.31. The zero-order valence-corrected chi connectivity index (χ0v) is 6.78. The van der Waals surface area contributed by atoms with Gasteiger partial charge in [-0.25, -0.2) is 4.98 Å². The highest BCUT2D eigenvalue weighted by Crippen LogP contribution is 2.00. The van der Waals surface area contributed by atoms with E-state index >= 15 is 0 Å². The second-order valence-corrected chi connectivity index (χ2v) is 3.57. The first-order valence-electron chi connectivity index (χ1n) is 3.04. The number of rotatable bonds is 3. The van der Waals surface area contributed by atoms with Gasteiger partial charge < -0.3 is 0 Å². The number of carbonyl (C=O) groups is 1. The van der Waals surface area contributed by atoms with Gasteiger partial charge in [-0.2, -0.15) is 8.42 Å². The Bertz CT molecular complexity index is 360. The maximum Gasteiger partial charge on any atom is 0.281 e. The Labute approximate surface area is 69.5 Å². The van der Waals surface area contributed by atoms with Crippen molar-refractivity contribution < 1.29 is 13.2 Å². The summed E-state index contributed by atoms with van der Waals surface area (Å²) in [6.07, 6.45) is 1.43. The molecule has 6 heteroatoms. The van der Waals surface area contributed by atoms with Gasteiger partial charge in [-0.15, -0.1) is 0 Å². The van der Waals surface area contributed by atoms with Crippen LogP contribution in [0, 0.1) is 0 Å². The molecule has 1 N–H and O–H groups in total. The minimum absolute atomic E-state index is 0.101. The summed E-state index contributed by atoms with van der Waals surface area (Å²) in [5, 5.41) is -0.169. The van der Waals surface area contributed by atoms with Crippen molar-refractivity contribution in [3.63, 3.8) is 0 Å². The highest BCUT2D eigenvalue weighted by atomic mass is 32.2. The first-order valence-corrected chi connectivity index (χ1v) is 4.52. The molecular formula is C6H6N2O3S. The average molecular weight is 186 g/mol. The van der Waals surface area contributed by atoms with Gasteiger partial charge in [0, 0.05) is 6.20 Å². The minimum Gasteiger partial charge on any atom is -0.278 e. The Morgan fingerprint density at radius 2 is 2.17 bits per heavy atom. The Kier molecular flexibility index (Phi) is 2.39. The van der Waals surface area contributed by atoms with Crippen molar-refractivity contribution in [2.75, 3.05) is 0 Å². The van der Waals surface area contributed by atoms with Crippen LogP contribution in [0.1, 0.15) is 0 Å². The normalized spacial score (nSPS) is 10.7. The summed E-state index contributed by atoms with van der Waals surface area (Å²) < 4.78 is 23.7. The smallest absolute Gasteiger partial charge is 0.278 e. The van der Waals surface area contributed by atoms with Crippen LogP contribution in [-0.2, 0) is 14.8 Å². The summed E-state index contributed by atoms with van der Waals surface area (Å²) in [5.74, 6) is 0. The predicted octanol–water partition coefficient (Wildman–Crippen LogP) is -0.484. The van der Waals surface area contributed by atoms with Crippen LogP contribution < -0.4 is 4.72 Å². The third-order valence-electron chi connectivity index (χ3n) is 1.12. The quantitative estimate of drug-likeness (QED) is 0.646. The SMILES string of the molecule is O=CNS(=O)(=O)c1ccccn1. The van der Waals surface area contributed by atoms with Crippen molar-refractivity contribution in [3.8, 4) is 0 Å². The number of pyridine rings is 1. The zero-order valence-electron chi connectivity index (χ0n) is 5.97. The van der Waals surface area contributed by atoms with Crippen LogP contribution >= 0.6 is 0 Å². The number of aromatic nitrogens is 1. The molecule has 1 aromatic heterocycles. The summed E-state index contributed by atoms with van der Waals surface area (Å²) in [7, 11) is -3.74. The molecule has 12 heavy (non-hydrogen) atoms. The number of amides is 1. The molecular weight excluding hydrogens is 180 g/mol. The van der Waals surface area contributed by atoms with Crippen LogP contribution in [0.5, 0.6) is 0 Å². The molecule has 5 nitrogen and oxygen atoms in total. The van der Waals surface area contributed by atoms with Crippen molar-refractivity contribution in [1.29, 1.82) is 0 Å². The van der Waals surface area contributed by atoms with E-state index in [0.29, 0.717) is 0 Å². The molecule has 0 unspecified atom stereocenters. The summed E-state index contributed by atoms with van der Waals surface area (Å²) >= 11 is 0. The topological polar surface area (TPSA) is 76.1 Å². The number of sulfonamides is 1. The lowest BCUT2D eigenvalue weighted by Gasteiger charge is -1.98. The molecule has 0 aliphatic rings. The molecule has 0 spiro atoms. The van der Waals surface area contributed by atoms with Gasteiger partial charge in [-0.05, 0) is 12.1 Å². The fraction of sp³-hybridized carbons (Fsp3) is 0. The maximum absolute atomic E-state index is 11.0. The van der Waals surface area contributed by atoms with Gasteiger partial charge in [0.2, 0.25) is 6.41 Å². The van der Waals surface area contributed by atoms with Crippen LogP contribution in [0.3, 0.4) is 0 Å². The number of carbonyl (C=O) groups excluding carboxylic acids is 1. The molecule has 64 valence electrons. The van der Waals surface area contributed by atoms with Crippen LogP contribution in [0.2, 0.25) is 0 Å². The van der Waals surface area contributed by atoms with Gasteiger partial charge in [0.05, 0.1) is 0 Å². The highest BCUT2D eigenvalue weighted by Gasteiger charge is 2.12. The molecule has 1 heterocycles. The molecule has 0 aromatic carbocycles. The fourth-order valence-electron chi connectivity index (χ4n) is 0.630. The molecule has 0 radical (unpaired) electrons. The summed E-state index contributed by atoms with van der Waals surface area (Å²) in [6.45, 7) is 0. The molecule has 1 rings (SSSR count).